The van der Waals surface area contributed by atoms with Crippen molar-refractivity contribution < 1.29 is 22.7 Å². The highest BCUT2D eigenvalue weighted by Gasteiger charge is 2.29. The number of carbonyl (C=O) groups excluding carboxylic acids is 2. The van der Waals surface area contributed by atoms with Crippen LogP contribution in [0.5, 0.6) is 0 Å². The van der Waals surface area contributed by atoms with Crippen LogP contribution in [0.2, 0.25) is 0 Å². The molecule has 0 aliphatic heterocycles. The van der Waals surface area contributed by atoms with E-state index in [-0.39, 0.29) is 5.56 Å². The number of nitrogens with one attached hydrogen (secondary N) is 1. The molecule has 0 unspecified atom stereocenters. The van der Waals surface area contributed by atoms with Crippen LogP contribution < -0.4 is 9.62 Å². The zero-order valence-corrected chi connectivity index (χ0v) is 17.1. The van der Waals surface area contributed by atoms with Gasteiger partial charge in [-0.25, -0.2) is 13.2 Å². The minimum Gasteiger partial charge on any atom is -0.465 e. The van der Waals surface area contributed by atoms with Crippen molar-refractivity contribution in [1.82, 2.24) is 0 Å². The van der Waals surface area contributed by atoms with E-state index >= 15 is 0 Å². The molecule has 150 valence electrons. The maximum absolute atomic E-state index is 12.7. The van der Waals surface area contributed by atoms with Gasteiger partial charge in [0, 0.05) is 5.69 Å². The molecule has 0 fully saturated rings. The van der Waals surface area contributed by atoms with Gasteiger partial charge < -0.3 is 10.1 Å². The van der Waals surface area contributed by atoms with Crippen molar-refractivity contribution in [3.8, 4) is 0 Å². The molecule has 0 aliphatic carbocycles. The third-order valence-corrected chi connectivity index (χ3v) is 5.48. The molecular formula is C20H24N2O5S. The Bertz CT molecular complexity index is 955. The van der Waals surface area contributed by atoms with Crippen molar-refractivity contribution in [2.75, 3.05) is 23.0 Å². The zero-order valence-electron chi connectivity index (χ0n) is 16.3. The standard InChI is InChI=1S/C20H24N2O5S/c1-5-15-9-11-18(12-10-15)22(28(4,25)26)14(2)19(23)21-17-8-6-7-16(13-17)20(24)27-3/h6-14H,5H2,1-4H3,(H,21,23)/t14-/m0/s1. The summed E-state index contributed by atoms with van der Waals surface area (Å²) in [6.45, 7) is 3.51. The first-order chi connectivity index (χ1) is 13.2. The Labute approximate surface area is 165 Å². The lowest BCUT2D eigenvalue weighted by Crippen LogP contribution is -2.45. The first kappa shape index (κ1) is 21.4. The largest absolute Gasteiger partial charge is 0.465 e. The fraction of sp³-hybridized carbons (Fsp3) is 0.300. The van der Waals surface area contributed by atoms with Crippen LogP contribution in [0.1, 0.15) is 29.8 Å². The number of anilines is 2. The number of benzene rings is 2. The average molecular weight is 404 g/mol. The second kappa shape index (κ2) is 8.88. The highest BCUT2D eigenvalue weighted by molar-refractivity contribution is 7.92. The van der Waals surface area contributed by atoms with E-state index in [1.54, 1.807) is 30.3 Å². The molecule has 0 aliphatic rings. The number of ether oxygens (including phenoxy) is 1. The van der Waals surface area contributed by atoms with E-state index in [0.717, 1.165) is 22.5 Å². The summed E-state index contributed by atoms with van der Waals surface area (Å²) in [6.07, 6.45) is 1.88. The molecule has 7 nitrogen and oxygen atoms in total. The topological polar surface area (TPSA) is 92.8 Å². The fourth-order valence-corrected chi connectivity index (χ4v) is 3.95. The molecule has 1 amide bonds. The van der Waals surface area contributed by atoms with Gasteiger partial charge in [-0.3, -0.25) is 9.10 Å². The molecule has 0 saturated carbocycles. The highest BCUT2D eigenvalue weighted by atomic mass is 32.2. The predicted octanol–water partition coefficient (Wildman–Crippen LogP) is 2.83. The van der Waals surface area contributed by atoms with Crippen molar-refractivity contribution >= 4 is 33.3 Å². The predicted molar refractivity (Wildman–Crippen MR) is 109 cm³/mol. The van der Waals surface area contributed by atoms with Gasteiger partial charge in [-0.15, -0.1) is 0 Å². The molecule has 2 aromatic rings. The summed E-state index contributed by atoms with van der Waals surface area (Å²) in [6, 6.07) is 12.3. The molecule has 28 heavy (non-hydrogen) atoms. The first-order valence-corrected chi connectivity index (χ1v) is 10.6. The first-order valence-electron chi connectivity index (χ1n) is 8.75. The monoisotopic (exact) mass is 404 g/mol. The lowest BCUT2D eigenvalue weighted by Gasteiger charge is -2.28. The third kappa shape index (κ3) is 5.10. The molecule has 0 saturated heterocycles. The number of methoxy groups -OCH3 is 1. The number of esters is 1. The minimum atomic E-state index is -3.70. The molecule has 2 rings (SSSR count). The molecule has 2 aromatic carbocycles. The van der Waals surface area contributed by atoms with Crippen LogP contribution in [0.4, 0.5) is 11.4 Å². The zero-order chi connectivity index (χ0) is 20.9. The lowest BCUT2D eigenvalue weighted by molar-refractivity contribution is -0.116. The van der Waals surface area contributed by atoms with Crippen molar-refractivity contribution in [2.45, 2.75) is 26.3 Å². The van der Waals surface area contributed by atoms with Crippen LogP contribution in [0.3, 0.4) is 0 Å². The Morgan fingerprint density at radius 3 is 2.32 bits per heavy atom. The Hall–Kier alpha value is -2.87. The SMILES string of the molecule is CCc1ccc(N([C@@H](C)C(=O)Nc2cccc(C(=O)OC)c2)S(C)(=O)=O)cc1. The average Bonchev–Trinajstić information content (AvgIpc) is 2.67. The van der Waals surface area contributed by atoms with E-state index in [9.17, 15) is 18.0 Å². The quantitative estimate of drug-likeness (QED) is 0.717. The molecule has 0 heterocycles. The molecule has 8 heteroatoms. The number of hydrogen-bond acceptors (Lipinski definition) is 5. The second-order valence-electron chi connectivity index (χ2n) is 6.32. The van der Waals surface area contributed by atoms with Gasteiger partial charge >= 0.3 is 5.97 Å². The molecule has 0 bridgehead atoms. The smallest absolute Gasteiger partial charge is 0.337 e. The number of hydrogen-bond donors (Lipinski definition) is 1. The molecule has 0 spiro atoms. The van der Waals surface area contributed by atoms with Gasteiger partial charge in [-0.1, -0.05) is 25.1 Å². The summed E-state index contributed by atoms with van der Waals surface area (Å²) in [5.41, 5.74) is 2.12. The molecular weight excluding hydrogens is 380 g/mol. The van der Waals surface area contributed by atoms with E-state index in [0.29, 0.717) is 11.4 Å². The van der Waals surface area contributed by atoms with Gasteiger partial charge in [0.25, 0.3) is 0 Å². The number of amides is 1. The summed E-state index contributed by atoms with van der Waals surface area (Å²) in [4.78, 5) is 24.4. The van der Waals surface area contributed by atoms with Gasteiger partial charge in [-0.05, 0) is 49.2 Å². The van der Waals surface area contributed by atoms with E-state index in [1.165, 1.54) is 20.1 Å². The van der Waals surface area contributed by atoms with Crippen LogP contribution in [0.15, 0.2) is 48.5 Å². The Morgan fingerprint density at radius 2 is 1.79 bits per heavy atom. The Morgan fingerprint density at radius 1 is 1.14 bits per heavy atom. The van der Waals surface area contributed by atoms with E-state index in [2.05, 4.69) is 10.1 Å². The van der Waals surface area contributed by atoms with E-state index in [1.807, 2.05) is 19.1 Å². The van der Waals surface area contributed by atoms with Gasteiger partial charge in [0.2, 0.25) is 15.9 Å². The normalized spacial score (nSPS) is 12.1. The van der Waals surface area contributed by atoms with E-state index in [4.69, 9.17) is 0 Å². The molecule has 0 aromatic heterocycles. The van der Waals surface area contributed by atoms with Crippen LogP contribution in [0, 0.1) is 0 Å². The number of aryl methyl sites for hydroxylation is 1. The maximum atomic E-state index is 12.7. The summed E-state index contributed by atoms with van der Waals surface area (Å²) < 4.78 is 30.4. The van der Waals surface area contributed by atoms with Crippen LogP contribution >= 0.6 is 0 Å². The van der Waals surface area contributed by atoms with Crippen LogP contribution in [0.25, 0.3) is 0 Å². The second-order valence-corrected chi connectivity index (χ2v) is 8.18. The van der Waals surface area contributed by atoms with Crippen LogP contribution in [-0.2, 0) is 26.0 Å². The number of sulfonamides is 1. The van der Waals surface area contributed by atoms with Gasteiger partial charge in [-0.2, -0.15) is 0 Å². The van der Waals surface area contributed by atoms with Gasteiger partial charge in [0.1, 0.15) is 6.04 Å². The molecule has 1 N–H and O–H groups in total. The van der Waals surface area contributed by atoms with Crippen LogP contribution in [-0.4, -0.2) is 39.7 Å². The van der Waals surface area contributed by atoms with Crippen molar-refractivity contribution in [3.05, 3.63) is 59.7 Å². The van der Waals surface area contributed by atoms with Gasteiger partial charge in [0.15, 0.2) is 0 Å². The highest BCUT2D eigenvalue weighted by Crippen LogP contribution is 2.22. The van der Waals surface area contributed by atoms with Gasteiger partial charge in [0.05, 0.1) is 24.6 Å². The summed E-state index contributed by atoms with van der Waals surface area (Å²) in [5.74, 6) is -1.05. The van der Waals surface area contributed by atoms with Crippen molar-refractivity contribution in [3.63, 3.8) is 0 Å². The number of rotatable bonds is 7. The maximum Gasteiger partial charge on any atom is 0.337 e. The summed E-state index contributed by atoms with van der Waals surface area (Å²) >= 11 is 0. The summed E-state index contributed by atoms with van der Waals surface area (Å²) in [5, 5.41) is 2.65. The summed E-state index contributed by atoms with van der Waals surface area (Å²) in [7, 11) is -2.43. The van der Waals surface area contributed by atoms with Crippen molar-refractivity contribution in [1.29, 1.82) is 0 Å². The molecule has 1 atom stereocenters. The van der Waals surface area contributed by atoms with E-state index < -0.39 is 27.9 Å². The third-order valence-electron chi connectivity index (χ3n) is 4.24. The lowest BCUT2D eigenvalue weighted by atomic mass is 10.1. The molecule has 0 radical (unpaired) electrons. The minimum absolute atomic E-state index is 0.281. The number of nitrogens with zero attached hydrogens (tertiary/aromatic N) is 1. The number of carbonyl (C=O) groups is 2. The Balaban J connectivity index is 2.28. The fourth-order valence-electron chi connectivity index (χ4n) is 2.78. The van der Waals surface area contributed by atoms with Crippen molar-refractivity contribution in [2.24, 2.45) is 0 Å². The Kier molecular flexibility index (Phi) is 6.80.